The van der Waals surface area contributed by atoms with E-state index in [1.54, 1.807) is 39.8 Å². The minimum absolute atomic E-state index is 0.0621. The van der Waals surface area contributed by atoms with E-state index in [4.69, 9.17) is 10.5 Å². The van der Waals surface area contributed by atoms with Gasteiger partial charge in [-0.25, -0.2) is 4.79 Å². The number of hydrogen-bond donors (Lipinski definition) is 4. The van der Waals surface area contributed by atoms with Gasteiger partial charge in [0, 0.05) is 19.5 Å². The first-order chi connectivity index (χ1) is 20.8. The van der Waals surface area contributed by atoms with Crippen LogP contribution in [-0.2, 0) is 25.7 Å². The van der Waals surface area contributed by atoms with Crippen molar-refractivity contribution < 1.29 is 29.0 Å². The van der Waals surface area contributed by atoms with Crippen LogP contribution in [-0.4, -0.2) is 52.0 Å². The number of alkyl carbamates (subject to hydrolysis) is 1. The van der Waals surface area contributed by atoms with E-state index in [0.29, 0.717) is 17.5 Å². The molecule has 0 aliphatic heterocycles. The van der Waals surface area contributed by atoms with E-state index in [-0.39, 0.29) is 31.7 Å². The van der Waals surface area contributed by atoms with Gasteiger partial charge in [-0.3, -0.25) is 14.4 Å². The van der Waals surface area contributed by atoms with Gasteiger partial charge < -0.3 is 31.1 Å². The lowest BCUT2D eigenvalue weighted by Crippen LogP contribution is -2.53. The molecule has 0 saturated carbocycles. The van der Waals surface area contributed by atoms with Crippen LogP contribution in [0.4, 0.5) is 4.79 Å². The summed E-state index contributed by atoms with van der Waals surface area (Å²) in [6.45, 7) is 9.46. The predicted molar refractivity (Wildman–Crippen MR) is 171 cm³/mol. The van der Waals surface area contributed by atoms with Gasteiger partial charge in [0.1, 0.15) is 23.4 Å². The number of rotatable bonds is 17. The Kier molecular flexibility index (Phi) is 14.7. The number of nitrogens with two attached hydrogens (primary N) is 1. The van der Waals surface area contributed by atoms with Crippen LogP contribution in [0.1, 0.15) is 102 Å². The van der Waals surface area contributed by atoms with Gasteiger partial charge >= 0.3 is 6.09 Å². The van der Waals surface area contributed by atoms with Crippen molar-refractivity contribution >= 4 is 23.8 Å². The molecule has 2 aromatic rings. The number of ether oxygens (including phenoxy) is 1. The third kappa shape index (κ3) is 12.7. The van der Waals surface area contributed by atoms with Crippen LogP contribution in [0.5, 0.6) is 5.75 Å². The highest BCUT2D eigenvalue weighted by atomic mass is 16.6. The number of nitrogens with zero attached hydrogens (tertiary/aromatic N) is 1. The van der Waals surface area contributed by atoms with E-state index < -0.39 is 41.5 Å². The first-order valence-corrected chi connectivity index (χ1v) is 15.5. The molecule has 2 rings (SSSR count). The molecular formula is C34H50N4O6. The smallest absolute Gasteiger partial charge is 0.408 e. The van der Waals surface area contributed by atoms with Gasteiger partial charge in [-0.15, -0.1) is 0 Å². The number of nitrogens with one attached hydrogen (secondary N) is 2. The highest BCUT2D eigenvalue weighted by molar-refractivity contribution is 5.92. The molecular weight excluding hydrogens is 560 g/mol. The molecule has 242 valence electrons. The summed E-state index contributed by atoms with van der Waals surface area (Å²) in [5.41, 5.74) is 6.55. The molecule has 0 saturated heterocycles. The van der Waals surface area contributed by atoms with Crippen LogP contribution in [0, 0.1) is 6.92 Å². The molecule has 0 spiro atoms. The van der Waals surface area contributed by atoms with E-state index in [9.17, 15) is 24.3 Å². The maximum Gasteiger partial charge on any atom is 0.408 e. The lowest BCUT2D eigenvalue weighted by Gasteiger charge is -2.35. The Balaban J connectivity index is 2.50. The summed E-state index contributed by atoms with van der Waals surface area (Å²) >= 11 is 0. The maximum atomic E-state index is 14.3. The SMILES string of the molecule is CCCCCCCCN(C(=O)C(CCC(N)=O)NC(=O)OC(C)(C)C)C(C(=O)NCc1ccccc1)c1ccc(O)c(C)c1. The van der Waals surface area contributed by atoms with Crippen molar-refractivity contribution in [2.75, 3.05) is 6.54 Å². The Hall–Kier alpha value is -4.08. The van der Waals surface area contributed by atoms with E-state index in [1.165, 1.54) is 11.0 Å². The first-order valence-electron chi connectivity index (χ1n) is 15.5. The van der Waals surface area contributed by atoms with Crippen LogP contribution < -0.4 is 16.4 Å². The largest absolute Gasteiger partial charge is 0.508 e. The number of benzene rings is 2. The van der Waals surface area contributed by atoms with Crippen molar-refractivity contribution in [2.24, 2.45) is 5.73 Å². The number of primary amides is 1. The molecule has 44 heavy (non-hydrogen) atoms. The number of phenols is 1. The molecule has 5 N–H and O–H groups in total. The van der Waals surface area contributed by atoms with E-state index in [0.717, 1.165) is 37.7 Å². The molecule has 0 aromatic heterocycles. The van der Waals surface area contributed by atoms with Crippen molar-refractivity contribution in [3.05, 3.63) is 65.2 Å². The lowest BCUT2D eigenvalue weighted by atomic mass is 9.98. The van der Waals surface area contributed by atoms with Gasteiger partial charge in [0.2, 0.25) is 17.7 Å². The Bertz CT molecular complexity index is 1230. The fourth-order valence-corrected chi connectivity index (χ4v) is 4.83. The number of amides is 4. The average molecular weight is 611 g/mol. The van der Waals surface area contributed by atoms with Gasteiger partial charge in [-0.2, -0.15) is 0 Å². The summed E-state index contributed by atoms with van der Waals surface area (Å²) in [6, 6.07) is 12.0. The molecule has 2 aromatic carbocycles. The first kappa shape index (κ1) is 36.1. The van der Waals surface area contributed by atoms with Crippen molar-refractivity contribution in [3.63, 3.8) is 0 Å². The zero-order chi connectivity index (χ0) is 32.7. The van der Waals surface area contributed by atoms with Gasteiger partial charge in [0.05, 0.1) is 0 Å². The summed E-state index contributed by atoms with van der Waals surface area (Å²) in [7, 11) is 0. The second-order valence-electron chi connectivity index (χ2n) is 12.2. The number of phenolic OH excluding ortho intramolecular Hbond substituents is 1. The van der Waals surface area contributed by atoms with Crippen LogP contribution in [0.25, 0.3) is 0 Å². The second-order valence-corrected chi connectivity index (χ2v) is 12.2. The van der Waals surface area contributed by atoms with Gasteiger partial charge in [-0.1, -0.05) is 75.4 Å². The molecule has 0 radical (unpaired) electrons. The molecule has 0 aliphatic rings. The van der Waals surface area contributed by atoms with Crippen molar-refractivity contribution in [1.82, 2.24) is 15.5 Å². The summed E-state index contributed by atoms with van der Waals surface area (Å²) in [5, 5.41) is 15.8. The predicted octanol–water partition coefficient (Wildman–Crippen LogP) is 5.41. The van der Waals surface area contributed by atoms with Crippen LogP contribution in [0.15, 0.2) is 48.5 Å². The Morgan fingerprint density at radius 2 is 1.64 bits per heavy atom. The molecule has 2 unspecified atom stereocenters. The summed E-state index contributed by atoms with van der Waals surface area (Å²) in [4.78, 5) is 54.3. The Morgan fingerprint density at radius 3 is 2.25 bits per heavy atom. The molecule has 0 bridgehead atoms. The molecule has 10 heteroatoms. The van der Waals surface area contributed by atoms with Crippen LogP contribution in [0.2, 0.25) is 0 Å². The Morgan fingerprint density at radius 1 is 0.977 bits per heavy atom. The quantitative estimate of drug-likeness (QED) is 0.176. The second kappa shape index (κ2) is 17.9. The van der Waals surface area contributed by atoms with Gasteiger partial charge in [0.15, 0.2) is 0 Å². The number of carbonyl (C=O) groups is 4. The Labute approximate surface area is 261 Å². The number of unbranched alkanes of at least 4 members (excludes halogenated alkanes) is 5. The number of aryl methyl sites for hydroxylation is 1. The standard InChI is InChI=1S/C34H50N4O6/c1-6-7-8-9-10-14-21-38(32(42)27(18-20-29(35)40)37-33(43)44-34(3,4)5)30(26-17-19-28(39)24(2)22-26)31(41)36-23-25-15-12-11-13-16-25/h11-13,15-17,19,22,27,30,39H,6-10,14,18,20-21,23H2,1-5H3,(H2,35,40)(H,36,41)(H,37,43). The summed E-state index contributed by atoms with van der Waals surface area (Å²) < 4.78 is 5.41. The minimum atomic E-state index is -1.17. The number of carbonyl (C=O) groups excluding carboxylic acids is 4. The summed E-state index contributed by atoms with van der Waals surface area (Å²) in [5.74, 6) is -1.50. The maximum absolute atomic E-state index is 14.3. The number of hydrogen-bond acceptors (Lipinski definition) is 6. The van der Waals surface area contributed by atoms with Crippen molar-refractivity contribution in [2.45, 2.75) is 110 Å². The van der Waals surface area contributed by atoms with Crippen LogP contribution in [0.3, 0.4) is 0 Å². The van der Waals surface area contributed by atoms with E-state index in [2.05, 4.69) is 17.6 Å². The van der Waals surface area contributed by atoms with E-state index in [1.807, 2.05) is 30.3 Å². The van der Waals surface area contributed by atoms with Crippen molar-refractivity contribution in [1.29, 1.82) is 0 Å². The van der Waals surface area contributed by atoms with Gasteiger partial charge in [0.25, 0.3) is 0 Å². The van der Waals surface area contributed by atoms with E-state index >= 15 is 0 Å². The third-order valence-electron chi connectivity index (χ3n) is 7.11. The van der Waals surface area contributed by atoms with Crippen molar-refractivity contribution in [3.8, 4) is 5.75 Å². The minimum Gasteiger partial charge on any atom is -0.508 e. The fraction of sp³-hybridized carbons (Fsp3) is 0.529. The molecule has 0 aliphatic carbocycles. The molecule has 10 nitrogen and oxygen atoms in total. The van der Waals surface area contributed by atoms with Crippen LogP contribution >= 0.6 is 0 Å². The fourth-order valence-electron chi connectivity index (χ4n) is 4.83. The zero-order valence-electron chi connectivity index (χ0n) is 26.9. The third-order valence-corrected chi connectivity index (χ3v) is 7.11. The molecule has 0 fully saturated rings. The highest BCUT2D eigenvalue weighted by Crippen LogP contribution is 2.28. The topological polar surface area (TPSA) is 151 Å². The lowest BCUT2D eigenvalue weighted by molar-refractivity contribution is -0.143. The summed E-state index contributed by atoms with van der Waals surface area (Å²) in [6.07, 6.45) is 4.73. The molecule has 4 amide bonds. The highest BCUT2D eigenvalue weighted by Gasteiger charge is 2.36. The number of aromatic hydroxyl groups is 1. The molecule has 2 atom stereocenters. The normalized spacial score (nSPS) is 12.6. The zero-order valence-corrected chi connectivity index (χ0v) is 26.9. The molecule has 0 heterocycles. The van der Waals surface area contributed by atoms with Gasteiger partial charge in [-0.05, 0) is 69.4 Å². The average Bonchev–Trinajstić information content (AvgIpc) is 2.96. The monoisotopic (exact) mass is 610 g/mol.